The van der Waals surface area contributed by atoms with E-state index < -0.39 is 3.79 Å². The van der Waals surface area contributed by atoms with E-state index in [2.05, 4.69) is 15.9 Å². The molecular formula is C8H10BrCl3. The van der Waals surface area contributed by atoms with Crippen LogP contribution >= 0.6 is 50.7 Å². The highest BCUT2D eigenvalue weighted by molar-refractivity contribution is 9.09. The molecule has 4 atom stereocenters. The van der Waals surface area contributed by atoms with E-state index in [-0.39, 0.29) is 5.92 Å². The number of halogens is 4. The fourth-order valence-corrected chi connectivity index (χ4v) is 5.38. The van der Waals surface area contributed by atoms with Gasteiger partial charge < -0.3 is 0 Å². The molecule has 2 unspecified atom stereocenters. The summed E-state index contributed by atoms with van der Waals surface area (Å²) in [6.45, 7) is 0. The van der Waals surface area contributed by atoms with Crippen molar-refractivity contribution in [2.24, 2.45) is 17.8 Å². The van der Waals surface area contributed by atoms with Crippen LogP contribution in [0.3, 0.4) is 0 Å². The number of rotatable bonds is 0. The average Bonchev–Trinajstić information content (AvgIpc) is 2.42. The van der Waals surface area contributed by atoms with Crippen LogP contribution in [0.4, 0.5) is 0 Å². The molecule has 2 aliphatic rings. The van der Waals surface area contributed by atoms with Crippen molar-refractivity contribution >= 4 is 50.7 Å². The van der Waals surface area contributed by atoms with Gasteiger partial charge in [0.15, 0.2) is 3.79 Å². The van der Waals surface area contributed by atoms with Gasteiger partial charge in [0, 0.05) is 10.7 Å². The molecule has 2 bridgehead atoms. The third-order valence-electron chi connectivity index (χ3n) is 3.19. The molecule has 2 fully saturated rings. The molecule has 0 heterocycles. The summed E-state index contributed by atoms with van der Waals surface area (Å²) in [7, 11) is 0. The molecule has 0 spiro atoms. The smallest absolute Gasteiger partial charge is 0.0883 e. The van der Waals surface area contributed by atoms with Crippen molar-refractivity contribution < 1.29 is 0 Å². The Balaban J connectivity index is 2.17. The number of alkyl halides is 4. The maximum atomic E-state index is 5.93. The summed E-state index contributed by atoms with van der Waals surface area (Å²) in [4.78, 5) is 0.420. The lowest BCUT2D eigenvalue weighted by Gasteiger charge is -2.32. The molecule has 0 aromatic carbocycles. The molecule has 2 saturated carbocycles. The van der Waals surface area contributed by atoms with Crippen LogP contribution in [0, 0.1) is 17.8 Å². The topological polar surface area (TPSA) is 0 Å². The Morgan fingerprint density at radius 2 is 1.67 bits per heavy atom. The Labute approximate surface area is 96.1 Å². The van der Waals surface area contributed by atoms with Crippen molar-refractivity contribution in [1.29, 1.82) is 0 Å². The Kier molecular flexibility index (Phi) is 2.62. The first kappa shape index (κ1) is 9.89. The van der Waals surface area contributed by atoms with Gasteiger partial charge in [-0.15, -0.1) is 0 Å². The molecule has 0 saturated heterocycles. The molecule has 2 aliphatic carbocycles. The summed E-state index contributed by atoms with van der Waals surface area (Å²) in [5, 5.41) is 0. The van der Waals surface area contributed by atoms with Crippen LogP contribution in [0.2, 0.25) is 0 Å². The van der Waals surface area contributed by atoms with E-state index in [4.69, 9.17) is 34.8 Å². The maximum absolute atomic E-state index is 5.93. The van der Waals surface area contributed by atoms with Gasteiger partial charge in [0.05, 0.1) is 0 Å². The number of hydrogen-bond donors (Lipinski definition) is 0. The minimum atomic E-state index is -1.08. The van der Waals surface area contributed by atoms with Crippen LogP contribution in [0.5, 0.6) is 0 Å². The van der Waals surface area contributed by atoms with Crippen molar-refractivity contribution in [3.8, 4) is 0 Å². The van der Waals surface area contributed by atoms with E-state index in [1.165, 1.54) is 19.3 Å². The van der Waals surface area contributed by atoms with Crippen molar-refractivity contribution in [2.75, 3.05) is 0 Å². The van der Waals surface area contributed by atoms with E-state index in [1.54, 1.807) is 0 Å². The van der Waals surface area contributed by atoms with Crippen LogP contribution in [0.1, 0.15) is 19.3 Å². The molecule has 0 amide bonds. The quantitative estimate of drug-likeness (QED) is 0.588. The van der Waals surface area contributed by atoms with Crippen molar-refractivity contribution in [1.82, 2.24) is 0 Å². The second-order valence-corrected chi connectivity index (χ2v) is 7.27. The molecule has 0 radical (unpaired) electrons. The van der Waals surface area contributed by atoms with Crippen molar-refractivity contribution in [3.05, 3.63) is 0 Å². The second kappa shape index (κ2) is 3.18. The van der Waals surface area contributed by atoms with Gasteiger partial charge in [-0.2, -0.15) is 0 Å². The lowest BCUT2D eigenvalue weighted by Crippen LogP contribution is -2.33. The SMILES string of the molecule is ClC(Cl)(Cl)[C@@H]1C2CCC(C2)[C@H]1Br. The summed E-state index contributed by atoms with van der Waals surface area (Å²) in [6.07, 6.45) is 3.79. The highest BCUT2D eigenvalue weighted by Crippen LogP contribution is 2.58. The van der Waals surface area contributed by atoms with E-state index in [1.807, 2.05) is 0 Å². The van der Waals surface area contributed by atoms with Gasteiger partial charge in [-0.3, -0.25) is 0 Å². The van der Waals surface area contributed by atoms with Crippen LogP contribution in [-0.2, 0) is 0 Å². The molecule has 0 aliphatic heterocycles. The Morgan fingerprint density at radius 3 is 2.00 bits per heavy atom. The Hall–Kier alpha value is 1.35. The normalized spacial score (nSPS) is 47.0. The van der Waals surface area contributed by atoms with Gasteiger partial charge in [-0.05, 0) is 31.1 Å². The Morgan fingerprint density at radius 1 is 1.08 bits per heavy atom. The lowest BCUT2D eigenvalue weighted by molar-refractivity contribution is 0.352. The summed E-state index contributed by atoms with van der Waals surface area (Å²) in [5.41, 5.74) is 0. The first-order chi connectivity index (χ1) is 5.50. The standard InChI is InChI=1S/C8H10BrCl3/c9-7-5-2-1-4(3-5)6(7)8(10,11)12/h4-7H,1-3H2/t4?,5?,6-,7-/m1/s1. The zero-order valence-electron chi connectivity index (χ0n) is 6.44. The van der Waals surface area contributed by atoms with Gasteiger partial charge in [0.25, 0.3) is 0 Å². The predicted molar refractivity (Wildman–Crippen MR) is 57.3 cm³/mol. The largest absolute Gasteiger partial charge is 0.194 e. The average molecular weight is 292 g/mol. The Bertz CT molecular complexity index is 187. The van der Waals surface area contributed by atoms with Gasteiger partial charge in [0.1, 0.15) is 0 Å². The first-order valence-corrected chi connectivity index (χ1v) is 6.26. The van der Waals surface area contributed by atoms with Crippen molar-refractivity contribution in [3.63, 3.8) is 0 Å². The third-order valence-corrected chi connectivity index (χ3v) is 5.27. The second-order valence-electron chi connectivity index (χ2n) is 3.85. The highest BCUT2D eigenvalue weighted by Gasteiger charge is 2.54. The van der Waals surface area contributed by atoms with Crippen LogP contribution in [0.25, 0.3) is 0 Å². The first-order valence-electron chi connectivity index (χ1n) is 4.21. The maximum Gasteiger partial charge on any atom is 0.194 e. The zero-order valence-corrected chi connectivity index (χ0v) is 10.3. The molecule has 0 nitrogen and oxygen atoms in total. The van der Waals surface area contributed by atoms with Crippen LogP contribution in [-0.4, -0.2) is 8.62 Å². The fourth-order valence-electron chi connectivity index (χ4n) is 2.67. The van der Waals surface area contributed by atoms with Gasteiger partial charge in [-0.1, -0.05) is 50.7 Å². The minimum Gasteiger partial charge on any atom is -0.0883 e. The fraction of sp³-hybridized carbons (Fsp3) is 1.00. The molecule has 12 heavy (non-hydrogen) atoms. The highest BCUT2D eigenvalue weighted by atomic mass is 79.9. The summed E-state index contributed by atoms with van der Waals surface area (Å²) >= 11 is 21.4. The number of hydrogen-bond acceptors (Lipinski definition) is 0. The zero-order chi connectivity index (χ0) is 8.93. The van der Waals surface area contributed by atoms with Crippen LogP contribution in [0.15, 0.2) is 0 Å². The van der Waals surface area contributed by atoms with Gasteiger partial charge in [0.2, 0.25) is 0 Å². The molecular weight excluding hydrogens is 282 g/mol. The molecule has 2 rings (SSSR count). The third kappa shape index (κ3) is 1.51. The molecule has 70 valence electrons. The van der Waals surface area contributed by atoms with E-state index >= 15 is 0 Å². The molecule has 0 aromatic heterocycles. The summed E-state index contributed by atoms with van der Waals surface area (Å²) in [6, 6.07) is 0. The minimum absolute atomic E-state index is 0.223. The molecule has 0 aromatic rings. The molecule has 0 N–H and O–H groups in total. The summed E-state index contributed by atoms with van der Waals surface area (Å²) in [5.74, 6) is 1.60. The van der Waals surface area contributed by atoms with Crippen LogP contribution < -0.4 is 0 Å². The number of fused-ring (bicyclic) bond motifs is 2. The molecule has 4 heteroatoms. The van der Waals surface area contributed by atoms with Gasteiger partial charge in [-0.25, -0.2) is 0 Å². The summed E-state index contributed by atoms with van der Waals surface area (Å²) < 4.78 is -1.08. The van der Waals surface area contributed by atoms with E-state index in [9.17, 15) is 0 Å². The van der Waals surface area contributed by atoms with E-state index in [0.717, 1.165) is 5.92 Å². The lowest BCUT2D eigenvalue weighted by atomic mass is 9.90. The van der Waals surface area contributed by atoms with E-state index in [0.29, 0.717) is 10.7 Å². The van der Waals surface area contributed by atoms with Crippen molar-refractivity contribution in [2.45, 2.75) is 27.9 Å². The predicted octanol–water partition coefficient (Wildman–Crippen LogP) is 4.17. The van der Waals surface area contributed by atoms with Gasteiger partial charge >= 0.3 is 0 Å². The monoisotopic (exact) mass is 290 g/mol.